The molecule has 2 amide bonds. The van der Waals surface area contributed by atoms with Gasteiger partial charge in [-0.2, -0.15) is 0 Å². The maximum atomic E-state index is 13.4. The normalized spacial score (nSPS) is 11.8. The van der Waals surface area contributed by atoms with Crippen molar-refractivity contribution in [3.63, 3.8) is 0 Å². The van der Waals surface area contributed by atoms with Crippen LogP contribution in [0.1, 0.15) is 21.6 Å². The van der Waals surface area contributed by atoms with Crippen molar-refractivity contribution in [1.82, 2.24) is 25.2 Å². The van der Waals surface area contributed by atoms with Crippen molar-refractivity contribution >= 4 is 34.3 Å². The second-order valence-electron chi connectivity index (χ2n) is 7.46. The lowest BCUT2D eigenvalue weighted by Crippen LogP contribution is -2.48. The van der Waals surface area contributed by atoms with Gasteiger partial charge >= 0.3 is 0 Å². The van der Waals surface area contributed by atoms with Gasteiger partial charge in [-0.05, 0) is 23.8 Å². The molecule has 2 aromatic heterocycles. The molecule has 2 N–H and O–H groups in total. The average Bonchev–Trinajstić information content (AvgIpc) is 3.22. The fraction of sp³-hybridized carbons (Fsp3) is 0.167. The van der Waals surface area contributed by atoms with Gasteiger partial charge in [-0.15, -0.1) is 0 Å². The van der Waals surface area contributed by atoms with Gasteiger partial charge in [0.25, 0.3) is 5.91 Å². The van der Waals surface area contributed by atoms with Crippen LogP contribution in [0.15, 0.2) is 73.3 Å². The summed E-state index contributed by atoms with van der Waals surface area (Å²) in [6.45, 7) is 0.277. The van der Waals surface area contributed by atoms with E-state index in [1.807, 2.05) is 30.5 Å². The first-order valence-electron chi connectivity index (χ1n) is 10.1. The van der Waals surface area contributed by atoms with E-state index in [1.54, 1.807) is 49.9 Å². The molecule has 0 aliphatic rings. The van der Waals surface area contributed by atoms with Gasteiger partial charge in [0.15, 0.2) is 0 Å². The fourth-order valence-corrected chi connectivity index (χ4v) is 3.82. The van der Waals surface area contributed by atoms with Crippen LogP contribution in [0.5, 0.6) is 0 Å². The minimum Gasteiger partial charge on any atom is -0.361 e. The van der Waals surface area contributed by atoms with Crippen LogP contribution in [-0.2, 0) is 17.8 Å². The smallest absolute Gasteiger partial charge is 0.253 e. The van der Waals surface area contributed by atoms with Crippen LogP contribution in [0.25, 0.3) is 10.9 Å². The SMILES string of the molecule is CN(Cc1cnccn1)C(=O)C(Cc1c[nH]c2ccccc12)NC(=O)c1ccccc1Cl. The molecule has 8 heteroatoms. The number of aromatic nitrogens is 3. The van der Waals surface area contributed by atoms with E-state index in [4.69, 9.17) is 11.6 Å². The van der Waals surface area contributed by atoms with E-state index >= 15 is 0 Å². The molecule has 0 aliphatic carbocycles. The first-order chi connectivity index (χ1) is 15.5. The monoisotopic (exact) mass is 447 g/mol. The van der Waals surface area contributed by atoms with Crippen molar-refractivity contribution in [2.24, 2.45) is 0 Å². The summed E-state index contributed by atoms with van der Waals surface area (Å²) >= 11 is 6.20. The molecule has 2 aromatic carbocycles. The second kappa shape index (κ2) is 9.62. The van der Waals surface area contributed by atoms with Crippen molar-refractivity contribution in [3.05, 3.63) is 95.2 Å². The van der Waals surface area contributed by atoms with E-state index in [-0.39, 0.29) is 12.5 Å². The Labute approximate surface area is 190 Å². The average molecular weight is 448 g/mol. The number of nitrogens with one attached hydrogen (secondary N) is 2. The van der Waals surface area contributed by atoms with E-state index in [0.717, 1.165) is 16.5 Å². The highest BCUT2D eigenvalue weighted by Crippen LogP contribution is 2.21. The lowest BCUT2D eigenvalue weighted by atomic mass is 10.0. The van der Waals surface area contributed by atoms with Crippen molar-refractivity contribution in [2.45, 2.75) is 19.0 Å². The fourth-order valence-electron chi connectivity index (χ4n) is 3.60. The topological polar surface area (TPSA) is 91.0 Å². The number of aromatic amines is 1. The number of amides is 2. The minimum absolute atomic E-state index is 0.235. The summed E-state index contributed by atoms with van der Waals surface area (Å²) in [5.74, 6) is -0.636. The highest BCUT2D eigenvalue weighted by molar-refractivity contribution is 6.33. The largest absolute Gasteiger partial charge is 0.361 e. The molecule has 0 saturated heterocycles. The molecule has 0 bridgehead atoms. The van der Waals surface area contributed by atoms with Gasteiger partial charge < -0.3 is 15.2 Å². The highest BCUT2D eigenvalue weighted by Gasteiger charge is 2.27. The molecule has 162 valence electrons. The molecule has 32 heavy (non-hydrogen) atoms. The van der Waals surface area contributed by atoms with Gasteiger partial charge in [0.1, 0.15) is 6.04 Å². The maximum absolute atomic E-state index is 13.4. The number of hydrogen-bond donors (Lipinski definition) is 2. The molecular formula is C24H22ClN5O2. The van der Waals surface area contributed by atoms with E-state index in [1.165, 1.54) is 4.90 Å². The highest BCUT2D eigenvalue weighted by atomic mass is 35.5. The number of halogens is 1. The van der Waals surface area contributed by atoms with Gasteiger partial charge in [-0.25, -0.2) is 0 Å². The Morgan fingerprint density at radius 2 is 1.91 bits per heavy atom. The molecule has 0 spiro atoms. The molecule has 0 saturated carbocycles. The van der Waals surface area contributed by atoms with Crippen LogP contribution in [0.2, 0.25) is 5.02 Å². The van der Waals surface area contributed by atoms with Crippen LogP contribution in [0.4, 0.5) is 0 Å². The summed E-state index contributed by atoms with van der Waals surface area (Å²) < 4.78 is 0. The van der Waals surface area contributed by atoms with Crippen LogP contribution in [0, 0.1) is 0 Å². The third-order valence-corrected chi connectivity index (χ3v) is 5.54. The summed E-state index contributed by atoms with van der Waals surface area (Å²) in [6, 6.07) is 13.8. The lowest BCUT2D eigenvalue weighted by molar-refractivity contribution is -0.132. The number of carbonyl (C=O) groups excluding carboxylic acids is 2. The third kappa shape index (κ3) is 4.78. The Morgan fingerprint density at radius 3 is 2.69 bits per heavy atom. The van der Waals surface area contributed by atoms with E-state index in [2.05, 4.69) is 20.3 Å². The number of fused-ring (bicyclic) bond motifs is 1. The number of hydrogen-bond acceptors (Lipinski definition) is 4. The Kier molecular flexibility index (Phi) is 6.47. The molecule has 4 aromatic rings. The zero-order valence-corrected chi connectivity index (χ0v) is 18.2. The Hall–Kier alpha value is -3.71. The Morgan fingerprint density at radius 1 is 1.12 bits per heavy atom. The molecule has 7 nitrogen and oxygen atoms in total. The van der Waals surface area contributed by atoms with Gasteiger partial charge in [0.05, 0.1) is 29.0 Å². The van der Waals surface area contributed by atoms with Crippen molar-refractivity contribution in [3.8, 4) is 0 Å². The van der Waals surface area contributed by atoms with E-state index in [9.17, 15) is 9.59 Å². The van der Waals surface area contributed by atoms with Crippen LogP contribution >= 0.6 is 11.6 Å². The lowest BCUT2D eigenvalue weighted by Gasteiger charge is -2.24. The van der Waals surface area contributed by atoms with Crippen LogP contribution in [-0.4, -0.2) is 44.8 Å². The molecular weight excluding hydrogens is 426 g/mol. The Balaban J connectivity index is 1.60. The van der Waals surface area contributed by atoms with E-state index < -0.39 is 11.9 Å². The molecule has 4 rings (SSSR count). The van der Waals surface area contributed by atoms with Gasteiger partial charge in [-0.3, -0.25) is 19.6 Å². The molecule has 1 unspecified atom stereocenters. The quantitative estimate of drug-likeness (QED) is 0.452. The predicted octanol–water partition coefficient (Wildman–Crippen LogP) is 3.61. The first-order valence-corrected chi connectivity index (χ1v) is 10.5. The number of nitrogens with zero attached hydrogens (tertiary/aromatic N) is 3. The zero-order valence-electron chi connectivity index (χ0n) is 17.5. The van der Waals surface area contributed by atoms with Crippen LogP contribution in [0.3, 0.4) is 0 Å². The predicted molar refractivity (Wildman–Crippen MR) is 123 cm³/mol. The molecule has 1 atom stereocenters. The molecule has 0 radical (unpaired) electrons. The van der Waals surface area contributed by atoms with Gasteiger partial charge in [0, 0.05) is 43.0 Å². The summed E-state index contributed by atoms with van der Waals surface area (Å²) in [6.07, 6.45) is 6.96. The third-order valence-electron chi connectivity index (χ3n) is 5.21. The number of para-hydroxylation sites is 1. The second-order valence-corrected chi connectivity index (χ2v) is 7.87. The van der Waals surface area contributed by atoms with Crippen molar-refractivity contribution in [1.29, 1.82) is 0 Å². The number of benzene rings is 2. The number of carbonyl (C=O) groups is 2. The van der Waals surface area contributed by atoms with Crippen LogP contribution < -0.4 is 5.32 Å². The minimum atomic E-state index is -0.792. The molecule has 0 fully saturated rings. The first kappa shape index (κ1) is 21.5. The van der Waals surface area contributed by atoms with Crippen molar-refractivity contribution < 1.29 is 9.59 Å². The van der Waals surface area contributed by atoms with Crippen molar-refractivity contribution in [2.75, 3.05) is 7.05 Å². The maximum Gasteiger partial charge on any atom is 0.253 e. The number of H-pyrrole nitrogens is 1. The zero-order chi connectivity index (χ0) is 22.5. The summed E-state index contributed by atoms with van der Waals surface area (Å²) in [5.41, 5.74) is 2.89. The number of likely N-dealkylation sites (N-methyl/N-ethyl adjacent to an activating group) is 1. The standard InChI is InChI=1S/C24H22ClN5O2/c1-30(15-17-14-26-10-11-27-17)24(32)22(29-23(31)19-7-2-4-8-20(19)25)12-16-13-28-21-9-5-3-6-18(16)21/h2-11,13-14,22,28H,12,15H2,1H3,(H,29,31). The molecule has 0 aliphatic heterocycles. The molecule has 2 heterocycles. The number of rotatable bonds is 7. The van der Waals surface area contributed by atoms with Gasteiger partial charge in [0.2, 0.25) is 5.91 Å². The summed E-state index contributed by atoms with van der Waals surface area (Å²) in [4.78, 5) is 39.4. The summed E-state index contributed by atoms with van der Waals surface area (Å²) in [7, 11) is 1.68. The van der Waals surface area contributed by atoms with Gasteiger partial charge in [-0.1, -0.05) is 41.9 Å². The summed E-state index contributed by atoms with van der Waals surface area (Å²) in [5, 5.41) is 4.22. The van der Waals surface area contributed by atoms with E-state index in [0.29, 0.717) is 22.7 Å². The Bertz CT molecular complexity index is 1240.